The fraction of sp³-hybridized carbons (Fsp3) is 0.312. The van der Waals surface area contributed by atoms with Crippen molar-refractivity contribution in [3.63, 3.8) is 0 Å². The Balaban J connectivity index is 1.66. The van der Waals surface area contributed by atoms with E-state index in [1.54, 1.807) is 4.90 Å². The lowest BCUT2D eigenvalue weighted by Crippen LogP contribution is -2.48. The molecule has 1 aromatic rings. The zero-order valence-corrected chi connectivity index (χ0v) is 11.2. The third-order valence-electron chi connectivity index (χ3n) is 3.67. The van der Waals surface area contributed by atoms with Crippen molar-refractivity contribution in [2.24, 2.45) is 0 Å². The van der Waals surface area contributed by atoms with Gasteiger partial charge in [0.2, 0.25) is 5.91 Å². The molecule has 0 radical (unpaired) electrons. The second-order valence-corrected chi connectivity index (χ2v) is 5.00. The van der Waals surface area contributed by atoms with Gasteiger partial charge in [-0.15, -0.1) is 0 Å². The molecule has 104 valence electrons. The number of carbonyl (C=O) groups excluding carboxylic acids is 1. The van der Waals surface area contributed by atoms with Crippen molar-refractivity contribution >= 4 is 12.0 Å². The van der Waals surface area contributed by atoms with Crippen LogP contribution in [0.4, 0.5) is 0 Å². The van der Waals surface area contributed by atoms with Crippen LogP contribution in [0, 0.1) is 0 Å². The molecule has 0 aromatic heterocycles. The van der Waals surface area contributed by atoms with Gasteiger partial charge in [0.25, 0.3) is 0 Å². The van der Waals surface area contributed by atoms with E-state index in [0.29, 0.717) is 19.4 Å². The van der Waals surface area contributed by atoms with E-state index in [4.69, 9.17) is 4.74 Å². The van der Waals surface area contributed by atoms with Crippen LogP contribution in [0.2, 0.25) is 0 Å². The van der Waals surface area contributed by atoms with Crippen LogP contribution in [0.1, 0.15) is 18.4 Å². The van der Waals surface area contributed by atoms with Crippen LogP contribution in [0.5, 0.6) is 0 Å². The highest BCUT2D eigenvalue weighted by atomic mass is 16.5. The number of hydrogen-bond donors (Lipinski definition) is 1. The average molecular weight is 271 g/mol. The van der Waals surface area contributed by atoms with Crippen molar-refractivity contribution in [3.8, 4) is 0 Å². The smallest absolute Gasteiger partial charge is 0.231 e. The Morgan fingerprint density at radius 1 is 1.40 bits per heavy atom. The third-order valence-corrected chi connectivity index (χ3v) is 3.67. The number of amides is 1. The highest BCUT2D eigenvalue weighted by Crippen LogP contribution is 2.32. The number of aliphatic hydroxyl groups is 1. The molecule has 2 heterocycles. The quantitative estimate of drug-likeness (QED) is 0.851. The van der Waals surface area contributed by atoms with Crippen molar-refractivity contribution < 1.29 is 14.6 Å². The molecule has 1 atom stereocenters. The summed E-state index contributed by atoms with van der Waals surface area (Å²) in [5.41, 5.74) is 1.97. The van der Waals surface area contributed by atoms with Crippen molar-refractivity contribution in [3.05, 3.63) is 53.3 Å². The van der Waals surface area contributed by atoms with Crippen molar-refractivity contribution in [2.45, 2.75) is 19.1 Å². The second kappa shape index (κ2) is 5.51. The van der Waals surface area contributed by atoms with Crippen LogP contribution in [0.3, 0.4) is 0 Å². The highest BCUT2D eigenvalue weighted by Gasteiger charge is 2.44. The summed E-state index contributed by atoms with van der Waals surface area (Å²) >= 11 is 0. The number of nitrogens with zero attached hydrogens (tertiary/aromatic N) is 1. The predicted molar refractivity (Wildman–Crippen MR) is 75.4 cm³/mol. The summed E-state index contributed by atoms with van der Waals surface area (Å²) in [6.45, 7) is 0.460. The molecule has 0 spiro atoms. The zero-order chi connectivity index (χ0) is 13.9. The summed E-state index contributed by atoms with van der Waals surface area (Å²) < 4.78 is 5.68. The van der Waals surface area contributed by atoms with Gasteiger partial charge in [-0.3, -0.25) is 9.69 Å². The maximum absolute atomic E-state index is 11.3. The zero-order valence-electron chi connectivity index (χ0n) is 11.2. The van der Waals surface area contributed by atoms with Crippen LogP contribution in [0.15, 0.2) is 47.7 Å². The van der Waals surface area contributed by atoms with E-state index in [0.717, 1.165) is 16.9 Å². The maximum atomic E-state index is 11.3. The molecule has 0 unspecified atom stereocenters. The van der Waals surface area contributed by atoms with Crippen LogP contribution in [-0.2, 0) is 9.53 Å². The van der Waals surface area contributed by atoms with Gasteiger partial charge in [0, 0.05) is 0 Å². The molecule has 1 aromatic carbocycles. The lowest BCUT2D eigenvalue weighted by Gasteiger charge is -2.30. The number of aliphatic hydroxyl groups excluding tert-OH is 1. The topological polar surface area (TPSA) is 49.8 Å². The maximum Gasteiger partial charge on any atom is 0.231 e. The standard InChI is InChI=1S/C16H17NO3/c18-11-13(8-4-7-12-5-2-1-3-6-12)14-10-17-15(19)9-16(17)20-14/h1-7,16,18H,8-11H2/t16-/m1/s1. The number of ether oxygens (including phenoxy) is 1. The van der Waals surface area contributed by atoms with E-state index < -0.39 is 0 Å². The average Bonchev–Trinajstić information content (AvgIpc) is 2.82. The van der Waals surface area contributed by atoms with Crippen molar-refractivity contribution in [1.82, 2.24) is 4.90 Å². The number of carbonyl (C=O) groups is 1. The summed E-state index contributed by atoms with van der Waals surface area (Å²) in [5, 5.41) is 9.47. The van der Waals surface area contributed by atoms with E-state index in [9.17, 15) is 9.90 Å². The van der Waals surface area contributed by atoms with Crippen LogP contribution in [-0.4, -0.2) is 35.3 Å². The van der Waals surface area contributed by atoms with Gasteiger partial charge in [-0.25, -0.2) is 0 Å². The summed E-state index contributed by atoms with van der Waals surface area (Å²) in [7, 11) is 0. The summed E-state index contributed by atoms with van der Waals surface area (Å²) in [4.78, 5) is 13.0. The largest absolute Gasteiger partial charge is 0.472 e. The van der Waals surface area contributed by atoms with Gasteiger partial charge in [-0.2, -0.15) is 0 Å². The first-order valence-electron chi connectivity index (χ1n) is 6.77. The van der Waals surface area contributed by atoms with E-state index in [1.807, 2.05) is 42.5 Å². The fourth-order valence-electron chi connectivity index (χ4n) is 2.44. The number of allylic oxidation sites excluding steroid dienone is 1. The predicted octanol–water partition coefficient (Wildman–Crippen LogP) is 1.92. The highest BCUT2D eigenvalue weighted by molar-refractivity contribution is 5.83. The Kier molecular flexibility index (Phi) is 3.56. The summed E-state index contributed by atoms with van der Waals surface area (Å²) in [6.07, 6.45) is 5.02. The molecule has 0 aliphatic carbocycles. The molecule has 1 N–H and O–H groups in total. The molecular formula is C16H17NO3. The summed E-state index contributed by atoms with van der Waals surface area (Å²) in [6, 6.07) is 10.0. The molecule has 2 aliphatic rings. The number of benzene rings is 1. The van der Waals surface area contributed by atoms with Gasteiger partial charge >= 0.3 is 0 Å². The Morgan fingerprint density at radius 3 is 2.85 bits per heavy atom. The van der Waals surface area contributed by atoms with E-state index in [-0.39, 0.29) is 18.7 Å². The number of hydrogen-bond acceptors (Lipinski definition) is 3. The van der Waals surface area contributed by atoms with Crippen LogP contribution < -0.4 is 0 Å². The molecule has 0 saturated carbocycles. The van der Waals surface area contributed by atoms with E-state index in [2.05, 4.69) is 0 Å². The molecule has 1 amide bonds. The third kappa shape index (κ3) is 2.47. The molecule has 3 rings (SSSR count). The first kappa shape index (κ1) is 12.9. The van der Waals surface area contributed by atoms with Gasteiger partial charge in [0.15, 0.2) is 6.23 Å². The number of fused-ring (bicyclic) bond motifs is 1. The molecule has 2 saturated heterocycles. The lowest BCUT2D eigenvalue weighted by atomic mass is 10.1. The normalized spacial score (nSPS) is 23.6. The number of β-lactam (4-membered cyclic amide) rings is 1. The van der Waals surface area contributed by atoms with Gasteiger partial charge in [-0.05, 0) is 17.6 Å². The minimum atomic E-state index is -0.0999. The molecule has 0 bridgehead atoms. The van der Waals surface area contributed by atoms with E-state index in [1.165, 1.54) is 0 Å². The lowest BCUT2D eigenvalue weighted by molar-refractivity contribution is -0.154. The Labute approximate surface area is 118 Å². The SMILES string of the molecule is O=C1C[C@H]2OC(=C(CO)CC=Cc3ccccc3)CN12. The Morgan fingerprint density at radius 2 is 2.20 bits per heavy atom. The fourth-order valence-corrected chi connectivity index (χ4v) is 2.44. The molecule has 4 heteroatoms. The van der Waals surface area contributed by atoms with Gasteiger partial charge < -0.3 is 9.84 Å². The second-order valence-electron chi connectivity index (χ2n) is 5.00. The van der Waals surface area contributed by atoms with E-state index >= 15 is 0 Å². The summed E-state index contributed by atoms with van der Waals surface area (Å²) in [5.74, 6) is 0.878. The molecule has 4 nitrogen and oxygen atoms in total. The Bertz CT molecular complexity index is 562. The van der Waals surface area contributed by atoms with Crippen LogP contribution in [0.25, 0.3) is 6.08 Å². The van der Waals surface area contributed by atoms with Gasteiger partial charge in [-0.1, -0.05) is 42.5 Å². The monoisotopic (exact) mass is 271 g/mol. The minimum Gasteiger partial charge on any atom is -0.472 e. The molecule has 2 aliphatic heterocycles. The van der Waals surface area contributed by atoms with Crippen molar-refractivity contribution in [2.75, 3.05) is 13.2 Å². The molecule has 20 heavy (non-hydrogen) atoms. The minimum absolute atomic E-state index is 0.0385. The first-order chi connectivity index (χ1) is 9.78. The molecular weight excluding hydrogens is 254 g/mol. The van der Waals surface area contributed by atoms with Crippen molar-refractivity contribution in [1.29, 1.82) is 0 Å². The molecule has 2 fully saturated rings. The Hall–Kier alpha value is -2.07. The van der Waals surface area contributed by atoms with Gasteiger partial charge in [0.05, 0.1) is 19.6 Å². The van der Waals surface area contributed by atoms with Crippen LogP contribution >= 0.6 is 0 Å². The number of rotatable bonds is 4. The first-order valence-corrected chi connectivity index (χ1v) is 6.77. The van der Waals surface area contributed by atoms with Gasteiger partial charge in [0.1, 0.15) is 5.76 Å².